The van der Waals surface area contributed by atoms with Gasteiger partial charge in [-0.2, -0.15) is 51.9 Å². The van der Waals surface area contributed by atoms with E-state index in [0.29, 0.717) is 36.1 Å². The zero-order valence-electron chi connectivity index (χ0n) is 33.1. The van der Waals surface area contributed by atoms with Crippen LogP contribution in [-0.2, 0) is 20.2 Å². The molecule has 0 aliphatic rings. The van der Waals surface area contributed by atoms with E-state index in [1.54, 1.807) is 24.0 Å². The summed E-state index contributed by atoms with van der Waals surface area (Å²) in [6.07, 6.45) is 0.502. The molecule has 2 aromatic heterocycles. The summed E-state index contributed by atoms with van der Waals surface area (Å²) >= 11 is 12.5. The van der Waals surface area contributed by atoms with Gasteiger partial charge in [0.05, 0.1) is 12.3 Å². The minimum atomic E-state index is -4.98. The van der Waals surface area contributed by atoms with Crippen LogP contribution in [0.4, 0.5) is 46.5 Å². The molecule has 24 heteroatoms. The quantitative estimate of drug-likeness (QED) is 0.0277. The van der Waals surface area contributed by atoms with Crippen molar-refractivity contribution in [3.63, 3.8) is 0 Å². The Labute approximate surface area is 369 Å². The van der Waals surface area contributed by atoms with Gasteiger partial charge in [0.2, 0.25) is 34.4 Å². The van der Waals surface area contributed by atoms with E-state index in [0.717, 1.165) is 17.3 Å². The Hall–Kier alpha value is -6.40. The first-order valence-corrected chi connectivity index (χ1v) is 22.3. The molecule has 2 heterocycles. The number of nitrogens with zero attached hydrogens (tertiary/aromatic N) is 9. The van der Waals surface area contributed by atoms with E-state index in [1.807, 2.05) is 31.2 Å². The highest BCUT2D eigenvalue weighted by molar-refractivity contribution is 7.86. The van der Waals surface area contributed by atoms with Crippen molar-refractivity contribution >= 4 is 112 Å². The number of anilines is 6. The third-order valence-corrected chi connectivity index (χ3v) is 11.6. The Morgan fingerprint density at radius 1 is 0.683 bits per heavy atom. The Morgan fingerprint density at radius 3 is 2.05 bits per heavy atom. The molecule has 0 fully saturated rings. The van der Waals surface area contributed by atoms with Crippen molar-refractivity contribution in [3.05, 3.63) is 101 Å². The molecule has 0 radical (unpaired) electrons. The van der Waals surface area contributed by atoms with Crippen molar-refractivity contribution in [1.29, 1.82) is 0 Å². The number of nitrogens with one attached hydrogen (secondary N) is 3. The molecule has 0 aliphatic carbocycles. The number of halogens is 2. The normalized spacial score (nSPS) is 12.0. The molecule has 7 aromatic rings. The number of hydrogen-bond donors (Lipinski definition) is 7. The first-order valence-electron chi connectivity index (χ1n) is 18.7. The molecule has 5 aromatic carbocycles. The smallest absolute Gasteiger partial charge is 0.296 e. The molecule has 0 spiro atoms. The van der Waals surface area contributed by atoms with E-state index >= 15 is 0 Å². The molecule has 0 saturated carbocycles. The Bertz CT molecular complexity index is 3130. The first kappa shape index (κ1) is 44.6. The van der Waals surface area contributed by atoms with Crippen LogP contribution >= 0.6 is 23.2 Å². The highest BCUT2D eigenvalue weighted by Crippen LogP contribution is 2.43. The van der Waals surface area contributed by atoms with Crippen LogP contribution in [0.5, 0.6) is 5.75 Å². The number of aliphatic hydroxyl groups excluding tert-OH is 1. The maximum Gasteiger partial charge on any atom is 0.296 e. The van der Waals surface area contributed by atoms with E-state index < -0.39 is 36.6 Å². The van der Waals surface area contributed by atoms with Crippen molar-refractivity contribution in [3.8, 4) is 5.75 Å². The van der Waals surface area contributed by atoms with Gasteiger partial charge >= 0.3 is 0 Å². The molecule has 326 valence electrons. The summed E-state index contributed by atoms with van der Waals surface area (Å²) < 4.78 is 68.8. The molecular formula is C39H36Cl2N12O8S2. The predicted octanol–water partition coefficient (Wildman–Crippen LogP) is 7.69. The van der Waals surface area contributed by atoms with Crippen LogP contribution in [0.2, 0.25) is 10.6 Å². The molecule has 0 saturated heterocycles. The molecule has 7 N–H and O–H groups in total. The lowest BCUT2D eigenvalue weighted by molar-refractivity contribution is 0.301. The van der Waals surface area contributed by atoms with E-state index in [1.165, 1.54) is 36.4 Å². The molecular weight excluding hydrogens is 900 g/mol. The second kappa shape index (κ2) is 18.5. The van der Waals surface area contributed by atoms with Gasteiger partial charge in [0.25, 0.3) is 20.2 Å². The average Bonchev–Trinajstić information content (AvgIpc) is 3.21. The monoisotopic (exact) mass is 934 g/mol. The minimum Gasteiger partial charge on any atom is -0.505 e. The van der Waals surface area contributed by atoms with E-state index in [-0.39, 0.29) is 74.3 Å². The predicted molar refractivity (Wildman–Crippen MR) is 238 cm³/mol. The maximum atomic E-state index is 12.6. The summed E-state index contributed by atoms with van der Waals surface area (Å²) in [5, 5.41) is 39.1. The SMILES string of the molecule is Cc1ccc(Nc2nc(Cl)nc(N(CCO)CCCNc3nc(Cl)nc(Nc4ccc5c(O)c(N=Nc6ccc7c(S(=O)(=O)O)cccc7c6C)c(S(=O)(=O)O)cc5c4)n3)n2)cc1. The van der Waals surface area contributed by atoms with Crippen LogP contribution in [0.15, 0.2) is 98.9 Å². The lowest BCUT2D eigenvalue weighted by Gasteiger charge is -2.22. The van der Waals surface area contributed by atoms with Crippen molar-refractivity contribution in [2.45, 2.75) is 30.1 Å². The van der Waals surface area contributed by atoms with Crippen LogP contribution in [0, 0.1) is 13.8 Å². The molecule has 0 unspecified atom stereocenters. The van der Waals surface area contributed by atoms with Gasteiger partial charge < -0.3 is 31.1 Å². The minimum absolute atomic E-state index is 0.0197. The summed E-state index contributed by atoms with van der Waals surface area (Å²) in [4.78, 5) is 26.2. The van der Waals surface area contributed by atoms with Gasteiger partial charge in [-0.15, -0.1) is 5.11 Å². The van der Waals surface area contributed by atoms with E-state index in [4.69, 9.17) is 23.2 Å². The van der Waals surface area contributed by atoms with Gasteiger partial charge in [-0.05, 0) is 108 Å². The number of hydrogen-bond acceptors (Lipinski definition) is 18. The largest absolute Gasteiger partial charge is 0.505 e. The Kier molecular flexibility index (Phi) is 13.1. The average molecular weight is 936 g/mol. The first-order chi connectivity index (χ1) is 30.0. The molecule has 0 aliphatic heterocycles. The topological polar surface area (TPSA) is 291 Å². The van der Waals surface area contributed by atoms with Gasteiger partial charge in [-0.1, -0.05) is 35.9 Å². The molecule has 0 amide bonds. The number of phenolic OH excluding ortho intramolecular Hbond substituents is 1. The number of aliphatic hydroxyl groups is 1. The van der Waals surface area contributed by atoms with Crippen LogP contribution in [0.3, 0.4) is 0 Å². The fraction of sp³-hybridized carbons (Fsp3) is 0.179. The number of benzene rings is 5. The standard InChI is InChI=1S/C39H36Cl2N12O8S2/c1-21-7-9-24(10-8-21)43-38-47-35(41)48-39(50-38)53(17-18-54)16-4-15-42-36-45-34(40)46-37(49-36)44-25-11-12-27-23(19-25)20-31(63(59,60)61)32(33(27)55)52-51-29-14-13-28-26(22(29)2)5-3-6-30(28)62(56,57)58/h3,5-14,19-20,54-55H,4,15-18H2,1-2H3,(H,56,57,58)(H,59,60,61)(H,43,47,48,50)(H2,42,44,45,46,49). The summed E-state index contributed by atoms with van der Waals surface area (Å²) in [5.74, 6) is 0.0415. The number of aryl methyl sites for hydroxylation is 2. The number of aromatic nitrogens is 6. The Balaban J connectivity index is 1.06. The molecule has 0 atom stereocenters. The number of aromatic hydroxyl groups is 1. The van der Waals surface area contributed by atoms with Gasteiger partial charge in [-0.3, -0.25) is 9.11 Å². The van der Waals surface area contributed by atoms with Crippen LogP contribution < -0.4 is 20.9 Å². The zero-order valence-corrected chi connectivity index (χ0v) is 36.2. The Morgan fingerprint density at radius 2 is 1.33 bits per heavy atom. The van der Waals surface area contributed by atoms with Crippen molar-refractivity contribution < 1.29 is 36.2 Å². The number of azo groups is 1. The van der Waals surface area contributed by atoms with Crippen LogP contribution in [0.25, 0.3) is 21.5 Å². The van der Waals surface area contributed by atoms with Gasteiger partial charge in [0, 0.05) is 41.8 Å². The van der Waals surface area contributed by atoms with Gasteiger partial charge in [0.1, 0.15) is 15.5 Å². The number of rotatable bonds is 16. The maximum absolute atomic E-state index is 12.6. The summed E-state index contributed by atoms with van der Waals surface area (Å²) in [7, 11) is -9.51. The second-order valence-electron chi connectivity index (χ2n) is 13.8. The number of fused-ring (bicyclic) bond motifs is 2. The zero-order chi connectivity index (χ0) is 45.1. The van der Waals surface area contributed by atoms with Crippen LogP contribution in [0.1, 0.15) is 17.5 Å². The lowest BCUT2D eigenvalue weighted by atomic mass is 10.0. The van der Waals surface area contributed by atoms with Crippen molar-refractivity contribution in [1.82, 2.24) is 29.9 Å². The second-order valence-corrected chi connectivity index (χ2v) is 17.3. The lowest BCUT2D eigenvalue weighted by Crippen LogP contribution is -2.31. The van der Waals surface area contributed by atoms with E-state index in [2.05, 4.69) is 56.1 Å². The van der Waals surface area contributed by atoms with E-state index in [9.17, 15) is 36.2 Å². The van der Waals surface area contributed by atoms with Gasteiger partial charge in [-0.25, -0.2) is 0 Å². The molecule has 7 rings (SSSR count). The summed E-state index contributed by atoms with van der Waals surface area (Å²) in [6.45, 7) is 4.37. The third-order valence-electron chi connectivity index (χ3n) is 9.44. The third kappa shape index (κ3) is 10.6. The fourth-order valence-corrected chi connectivity index (χ4v) is 8.13. The van der Waals surface area contributed by atoms with Crippen molar-refractivity contribution in [2.75, 3.05) is 47.1 Å². The molecule has 63 heavy (non-hydrogen) atoms. The van der Waals surface area contributed by atoms with Gasteiger partial charge in [0.15, 0.2) is 5.75 Å². The molecule has 0 bridgehead atoms. The fourth-order valence-electron chi connectivity index (χ4n) is 6.45. The summed E-state index contributed by atoms with van der Waals surface area (Å²) in [5.41, 5.74) is 2.28. The molecule has 20 nitrogen and oxygen atoms in total. The number of phenols is 1. The van der Waals surface area contributed by atoms with Crippen molar-refractivity contribution in [2.24, 2.45) is 10.2 Å². The highest BCUT2D eigenvalue weighted by atomic mass is 35.5. The summed E-state index contributed by atoms with van der Waals surface area (Å²) in [6, 6.07) is 20.4. The van der Waals surface area contributed by atoms with Crippen LogP contribution in [-0.4, -0.2) is 92.3 Å². The highest BCUT2D eigenvalue weighted by Gasteiger charge is 2.23.